The summed E-state index contributed by atoms with van der Waals surface area (Å²) in [4.78, 5) is 4.43. The zero-order valence-electron chi connectivity index (χ0n) is 16.4. The van der Waals surface area contributed by atoms with Gasteiger partial charge in [0.1, 0.15) is 0 Å². The highest BCUT2D eigenvalue weighted by molar-refractivity contribution is 5.85. The molecule has 2 aromatic heterocycles. The molecule has 3 heterocycles. The average molecular weight is 389 g/mol. The minimum atomic E-state index is -0.489. The van der Waals surface area contributed by atoms with E-state index in [9.17, 15) is 0 Å². The molecule has 0 spiro atoms. The van der Waals surface area contributed by atoms with Crippen LogP contribution < -0.4 is 0 Å². The number of hydrogen-bond donors (Lipinski definition) is 1. The molecule has 5 nitrogen and oxygen atoms in total. The molecule has 0 saturated heterocycles. The molecular weight excluding hydrogens is 370 g/mol. The summed E-state index contributed by atoms with van der Waals surface area (Å²) in [5.74, 6) is 0. The van der Waals surface area contributed by atoms with Crippen molar-refractivity contribution in [2.24, 2.45) is 0 Å². The maximum absolute atomic E-state index is 4.43. The van der Waals surface area contributed by atoms with Crippen LogP contribution in [-0.4, -0.2) is 37.4 Å². The van der Waals surface area contributed by atoms with E-state index in [4.69, 9.17) is 0 Å². The first kappa shape index (κ1) is 16.8. The van der Waals surface area contributed by atoms with Crippen LogP contribution in [0.3, 0.4) is 0 Å². The molecule has 0 radical (unpaired) electrons. The van der Waals surface area contributed by atoms with Crippen molar-refractivity contribution in [3.05, 3.63) is 114 Å². The molecule has 0 bridgehead atoms. The van der Waals surface area contributed by atoms with Crippen molar-refractivity contribution in [2.45, 2.75) is 5.41 Å². The molecule has 2 aliphatic rings. The number of rotatable bonds is 3. The van der Waals surface area contributed by atoms with E-state index in [2.05, 4.69) is 81.9 Å². The van der Waals surface area contributed by atoms with Crippen LogP contribution in [0.1, 0.15) is 22.4 Å². The number of aromatic amines is 1. The fourth-order valence-corrected chi connectivity index (χ4v) is 4.78. The third-order valence-electron chi connectivity index (χ3n) is 6.01. The third-order valence-corrected chi connectivity index (χ3v) is 6.01. The highest BCUT2D eigenvalue weighted by atomic mass is 15.1. The largest absolute Gasteiger partial charge is 0.495 e. The quantitative estimate of drug-likeness (QED) is 0.472. The SMILES string of the molecule is C[N+]1=C=[N+](c2cccc(C3(c4ccn[nH]4)c4ccccc4-c4cnccc43)c2)C=C1. The highest BCUT2D eigenvalue weighted by Gasteiger charge is 2.47. The third kappa shape index (κ3) is 2.18. The van der Waals surface area contributed by atoms with Crippen molar-refractivity contribution >= 4 is 11.7 Å². The van der Waals surface area contributed by atoms with E-state index in [1.54, 1.807) is 0 Å². The molecule has 2 aromatic carbocycles. The standard InChI is InChI=1S/C25H19N5/c1-29-13-14-30(17-29)19-6-4-5-18(15-19)25(24-10-12-27-28-24)22-8-3-2-7-20(22)21-16-26-11-9-23(21)25/h2-16H,1H3,(H,27,28)/q+2. The molecule has 6 rings (SSSR count). The van der Waals surface area contributed by atoms with Gasteiger partial charge in [-0.25, -0.2) is 0 Å². The maximum Gasteiger partial charge on any atom is 0.495 e. The minimum Gasteiger partial charge on any atom is -0.281 e. The van der Waals surface area contributed by atoms with Crippen LogP contribution in [-0.2, 0) is 5.41 Å². The van der Waals surface area contributed by atoms with Gasteiger partial charge in [-0.05, 0) is 34.4 Å². The van der Waals surface area contributed by atoms with Gasteiger partial charge in [-0.2, -0.15) is 5.10 Å². The summed E-state index contributed by atoms with van der Waals surface area (Å²) in [6, 6.07) is 24.7. The minimum absolute atomic E-state index is 0.489. The Morgan fingerprint density at radius 3 is 2.63 bits per heavy atom. The van der Waals surface area contributed by atoms with E-state index in [1.807, 2.05) is 47.2 Å². The number of nitrogens with one attached hydrogen (secondary N) is 1. The predicted octanol–water partition coefficient (Wildman–Crippen LogP) is 4.11. The summed E-state index contributed by atoms with van der Waals surface area (Å²) in [6.07, 6.45) is 9.67. The highest BCUT2D eigenvalue weighted by Crippen LogP contribution is 2.55. The number of nitrogens with zero attached hydrogens (tertiary/aromatic N) is 4. The second-order valence-corrected chi connectivity index (χ2v) is 7.62. The van der Waals surface area contributed by atoms with Crippen LogP contribution >= 0.6 is 0 Å². The first-order valence-electron chi connectivity index (χ1n) is 9.90. The van der Waals surface area contributed by atoms with Crippen LogP contribution in [0.5, 0.6) is 0 Å². The number of H-pyrrole nitrogens is 1. The molecule has 30 heavy (non-hydrogen) atoms. The summed E-state index contributed by atoms with van der Waals surface area (Å²) >= 11 is 0. The van der Waals surface area contributed by atoms with Crippen LogP contribution in [0, 0.1) is 0 Å². The van der Waals surface area contributed by atoms with Gasteiger partial charge < -0.3 is 0 Å². The maximum atomic E-state index is 4.43. The van der Waals surface area contributed by atoms with Crippen molar-refractivity contribution in [3.63, 3.8) is 0 Å². The first-order valence-corrected chi connectivity index (χ1v) is 9.90. The van der Waals surface area contributed by atoms with Gasteiger partial charge in [-0.15, -0.1) is 0 Å². The number of fused-ring (bicyclic) bond motifs is 3. The molecule has 1 atom stereocenters. The van der Waals surface area contributed by atoms with Crippen LogP contribution in [0.15, 0.2) is 91.7 Å². The molecule has 4 aromatic rings. The zero-order valence-corrected chi connectivity index (χ0v) is 16.4. The van der Waals surface area contributed by atoms with E-state index < -0.39 is 5.41 Å². The fourth-order valence-electron chi connectivity index (χ4n) is 4.78. The Morgan fingerprint density at radius 2 is 1.80 bits per heavy atom. The van der Waals surface area contributed by atoms with E-state index >= 15 is 0 Å². The summed E-state index contributed by atoms with van der Waals surface area (Å²) in [5, 5.41) is 7.59. The van der Waals surface area contributed by atoms with Crippen molar-refractivity contribution in [2.75, 3.05) is 7.05 Å². The number of hydrogen-bond acceptors (Lipinski definition) is 2. The van der Waals surface area contributed by atoms with Crippen molar-refractivity contribution in [1.29, 1.82) is 0 Å². The molecule has 0 fully saturated rings. The Hall–Kier alpha value is -4.08. The van der Waals surface area contributed by atoms with E-state index in [0.717, 1.165) is 16.9 Å². The van der Waals surface area contributed by atoms with E-state index in [1.165, 1.54) is 22.3 Å². The second kappa shape index (κ2) is 6.21. The Bertz CT molecular complexity index is 1340. The van der Waals surface area contributed by atoms with Gasteiger partial charge in [0.25, 0.3) is 6.20 Å². The van der Waals surface area contributed by atoms with Crippen molar-refractivity contribution in [3.8, 4) is 11.1 Å². The van der Waals surface area contributed by atoms with Crippen molar-refractivity contribution < 1.29 is 9.15 Å². The predicted molar refractivity (Wildman–Crippen MR) is 114 cm³/mol. The van der Waals surface area contributed by atoms with Crippen LogP contribution in [0.2, 0.25) is 0 Å². The first-order chi connectivity index (χ1) is 14.8. The van der Waals surface area contributed by atoms with Gasteiger partial charge in [-0.1, -0.05) is 45.5 Å². The molecular formula is C25H19N5+2. The van der Waals surface area contributed by atoms with Crippen molar-refractivity contribution in [1.82, 2.24) is 15.2 Å². The van der Waals surface area contributed by atoms with E-state index in [0.29, 0.717) is 0 Å². The lowest BCUT2D eigenvalue weighted by Gasteiger charge is -2.31. The zero-order chi connectivity index (χ0) is 20.1. The summed E-state index contributed by atoms with van der Waals surface area (Å²) in [7, 11) is 1.98. The summed E-state index contributed by atoms with van der Waals surface area (Å²) < 4.78 is 3.93. The number of benzene rings is 2. The van der Waals surface area contributed by atoms with Gasteiger partial charge in [0.15, 0.2) is 7.05 Å². The average Bonchev–Trinajstić information content (AvgIpc) is 3.52. The molecule has 1 unspecified atom stereocenters. The van der Waals surface area contributed by atoms with Crippen LogP contribution in [0.4, 0.5) is 5.69 Å². The van der Waals surface area contributed by atoms with Crippen LogP contribution in [0.25, 0.3) is 11.1 Å². The number of aromatic nitrogens is 3. The smallest absolute Gasteiger partial charge is 0.281 e. The van der Waals surface area contributed by atoms with E-state index in [-0.39, 0.29) is 0 Å². The lowest BCUT2D eigenvalue weighted by Crippen LogP contribution is -2.29. The molecule has 0 amide bonds. The monoisotopic (exact) mass is 389 g/mol. The normalized spacial score (nSPS) is 18.7. The molecule has 1 aliphatic carbocycles. The van der Waals surface area contributed by atoms with Gasteiger partial charge in [0.05, 0.1) is 11.1 Å². The topological polar surface area (TPSA) is 47.6 Å². The fraction of sp³-hybridized carbons (Fsp3) is 0.0800. The second-order valence-electron chi connectivity index (χ2n) is 7.62. The lowest BCUT2D eigenvalue weighted by molar-refractivity contribution is -0.429. The lowest BCUT2D eigenvalue weighted by atomic mass is 9.70. The molecule has 0 saturated carbocycles. The van der Waals surface area contributed by atoms with Gasteiger partial charge in [0, 0.05) is 36.3 Å². The van der Waals surface area contributed by atoms with Gasteiger partial charge in [0.2, 0.25) is 11.9 Å². The molecule has 1 N–H and O–H groups in total. The Morgan fingerprint density at radius 1 is 0.900 bits per heavy atom. The molecule has 5 heteroatoms. The van der Waals surface area contributed by atoms with Gasteiger partial charge >= 0.3 is 6.01 Å². The Balaban J connectivity index is 1.71. The summed E-state index contributed by atoms with van der Waals surface area (Å²) in [6.45, 7) is 0. The Labute approximate surface area is 174 Å². The summed E-state index contributed by atoms with van der Waals surface area (Å²) in [5.41, 5.74) is 7.60. The number of pyridine rings is 1. The van der Waals surface area contributed by atoms with Gasteiger partial charge in [-0.3, -0.25) is 10.1 Å². The molecule has 1 aliphatic heterocycles. The molecule has 142 valence electrons. The Kier molecular flexibility index (Phi) is 3.48.